The van der Waals surface area contributed by atoms with Crippen molar-refractivity contribution < 1.29 is 18.1 Å². The smallest absolute Gasteiger partial charge is 0.264 e. The first-order valence-electron chi connectivity index (χ1n) is 4.51. The van der Waals surface area contributed by atoms with E-state index in [1.165, 1.54) is 0 Å². The molecule has 1 saturated carbocycles. The van der Waals surface area contributed by atoms with E-state index in [4.69, 9.17) is 0 Å². The highest BCUT2D eigenvalue weighted by Gasteiger charge is 2.47. The molecule has 0 bridgehead atoms. The average molecular weight is 211 g/mol. The molecule has 14 heavy (non-hydrogen) atoms. The Hall–Kier alpha value is -0.810. The van der Waals surface area contributed by atoms with Crippen LogP contribution < -0.4 is 0 Å². The van der Waals surface area contributed by atoms with Crippen molar-refractivity contribution >= 4 is 0 Å². The average Bonchev–Trinajstić information content (AvgIpc) is 2.01. The molecule has 2 unspecified atom stereocenters. The van der Waals surface area contributed by atoms with E-state index in [0.29, 0.717) is 0 Å². The zero-order valence-electron chi connectivity index (χ0n) is 7.75. The predicted molar refractivity (Wildman–Crippen MR) is 43.3 cm³/mol. The molecule has 1 aliphatic rings. The van der Waals surface area contributed by atoms with Gasteiger partial charge in [-0.15, -0.1) is 0 Å². The summed E-state index contributed by atoms with van der Waals surface area (Å²) < 4.78 is 37.0. The lowest BCUT2D eigenvalue weighted by Gasteiger charge is -2.30. The van der Waals surface area contributed by atoms with Crippen LogP contribution in [-0.2, 0) is 0 Å². The van der Waals surface area contributed by atoms with Crippen LogP contribution in [0.25, 0.3) is 0 Å². The Balaban J connectivity index is 2.68. The van der Waals surface area contributed by atoms with Gasteiger partial charge in [-0.1, -0.05) is 6.92 Å². The second-order valence-electron chi connectivity index (χ2n) is 3.99. The fourth-order valence-electron chi connectivity index (χ4n) is 2.01. The Kier molecular flexibility index (Phi) is 3.01. The number of alkyl halides is 3. The number of hydrogen-bond acceptors (Lipinski definition) is 2. The SMILES string of the molecule is CC1CC(C(F)(F)F)C[C@H]([N+](=O)[O-])C1. The quantitative estimate of drug-likeness (QED) is 0.494. The first-order chi connectivity index (χ1) is 6.30. The Morgan fingerprint density at radius 2 is 1.86 bits per heavy atom. The summed E-state index contributed by atoms with van der Waals surface area (Å²) in [6.07, 6.45) is -4.36. The van der Waals surface area contributed by atoms with E-state index in [-0.39, 0.29) is 25.2 Å². The molecule has 1 aliphatic carbocycles. The summed E-state index contributed by atoms with van der Waals surface area (Å²) in [7, 11) is 0. The molecule has 0 aliphatic heterocycles. The minimum Gasteiger partial charge on any atom is -0.264 e. The molecule has 0 saturated heterocycles. The lowest BCUT2D eigenvalue weighted by atomic mass is 9.79. The molecule has 3 atom stereocenters. The summed E-state index contributed by atoms with van der Waals surface area (Å²) in [6.45, 7) is 1.63. The minimum absolute atomic E-state index is 0.0217. The van der Waals surface area contributed by atoms with E-state index in [0.717, 1.165) is 0 Å². The van der Waals surface area contributed by atoms with Gasteiger partial charge in [-0.05, 0) is 12.3 Å². The van der Waals surface area contributed by atoms with Crippen LogP contribution >= 0.6 is 0 Å². The molecule has 0 heterocycles. The number of rotatable bonds is 1. The summed E-state index contributed by atoms with van der Waals surface area (Å²) in [6, 6.07) is -1.02. The third-order valence-electron chi connectivity index (χ3n) is 2.68. The predicted octanol–water partition coefficient (Wildman–Crippen LogP) is 2.63. The molecule has 0 amide bonds. The van der Waals surface area contributed by atoms with Gasteiger partial charge in [0.15, 0.2) is 0 Å². The molecule has 0 aromatic rings. The zero-order chi connectivity index (χ0) is 10.9. The first-order valence-corrected chi connectivity index (χ1v) is 4.51. The largest absolute Gasteiger partial charge is 0.392 e. The Morgan fingerprint density at radius 3 is 2.29 bits per heavy atom. The molecule has 0 aromatic heterocycles. The van der Waals surface area contributed by atoms with Gasteiger partial charge in [0.05, 0.1) is 5.92 Å². The molecule has 1 fully saturated rings. The molecule has 0 spiro atoms. The lowest BCUT2D eigenvalue weighted by molar-refractivity contribution is -0.531. The normalized spacial score (nSPS) is 34.1. The van der Waals surface area contributed by atoms with E-state index in [9.17, 15) is 23.3 Å². The van der Waals surface area contributed by atoms with Crippen LogP contribution in [0.15, 0.2) is 0 Å². The van der Waals surface area contributed by atoms with Crippen LogP contribution in [0.5, 0.6) is 0 Å². The third kappa shape index (κ3) is 2.59. The topological polar surface area (TPSA) is 43.1 Å². The first kappa shape index (κ1) is 11.3. The summed E-state index contributed by atoms with van der Waals surface area (Å²) in [5.41, 5.74) is 0. The highest BCUT2D eigenvalue weighted by atomic mass is 19.4. The lowest BCUT2D eigenvalue weighted by Crippen LogP contribution is -2.37. The van der Waals surface area contributed by atoms with Crippen LogP contribution in [0.3, 0.4) is 0 Å². The Labute approximate surface area is 79.4 Å². The van der Waals surface area contributed by atoms with E-state index in [2.05, 4.69) is 0 Å². The maximum atomic E-state index is 12.3. The van der Waals surface area contributed by atoms with Gasteiger partial charge in [0.25, 0.3) is 0 Å². The monoisotopic (exact) mass is 211 g/mol. The summed E-state index contributed by atoms with van der Waals surface area (Å²) in [4.78, 5) is 9.82. The van der Waals surface area contributed by atoms with E-state index in [1.54, 1.807) is 6.92 Å². The molecule has 6 heteroatoms. The molecule has 0 aromatic carbocycles. The van der Waals surface area contributed by atoms with Crippen LogP contribution in [0.1, 0.15) is 26.2 Å². The van der Waals surface area contributed by atoms with Crippen LogP contribution in [0.2, 0.25) is 0 Å². The van der Waals surface area contributed by atoms with Crippen LogP contribution in [-0.4, -0.2) is 17.1 Å². The van der Waals surface area contributed by atoms with Gasteiger partial charge < -0.3 is 0 Å². The van der Waals surface area contributed by atoms with Gasteiger partial charge in [0.2, 0.25) is 6.04 Å². The van der Waals surface area contributed by atoms with Gasteiger partial charge in [0.1, 0.15) is 0 Å². The van der Waals surface area contributed by atoms with E-state index < -0.39 is 23.1 Å². The van der Waals surface area contributed by atoms with Crippen molar-refractivity contribution in [2.24, 2.45) is 11.8 Å². The van der Waals surface area contributed by atoms with Gasteiger partial charge >= 0.3 is 6.18 Å². The number of halogens is 3. The third-order valence-corrected chi connectivity index (χ3v) is 2.68. The molecular formula is C8H12F3NO2. The van der Waals surface area contributed by atoms with Gasteiger partial charge in [0, 0.05) is 17.8 Å². The van der Waals surface area contributed by atoms with E-state index in [1.807, 2.05) is 0 Å². The van der Waals surface area contributed by atoms with Gasteiger partial charge in [-0.3, -0.25) is 10.1 Å². The van der Waals surface area contributed by atoms with Crippen molar-refractivity contribution in [3.05, 3.63) is 10.1 Å². The molecule has 0 radical (unpaired) electrons. The second-order valence-corrected chi connectivity index (χ2v) is 3.99. The van der Waals surface area contributed by atoms with Crippen LogP contribution in [0.4, 0.5) is 13.2 Å². The van der Waals surface area contributed by atoms with Gasteiger partial charge in [-0.2, -0.15) is 13.2 Å². The van der Waals surface area contributed by atoms with Gasteiger partial charge in [-0.25, -0.2) is 0 Å². The fourth-order valence-corrected chi connectivity index (χ4v) is 2.01. The summed E-state index contributed by atoms with van der Waals surface area (Å²) in [5, 5.41) is 10.4. The second kappa shape index (κ2) is 3.74. The maximum absolute atomic E-state index is 12.3. The zero-order valence-corrected chi connectivity index (χ0v) is 7.75. The van der Waals surface area contributed by atoms with Crippen LogP contribution in [0, 0.1) is 22.0 Å². The van der Waals surface area contributed by atoms with Crippen molar-refractivity contribution in [1.29, 1.82) is 0 Å². The summed E-state index contributed by atoms with van der Waals surface area (Å²) >= 11 is 0. The maximum Gasteiger partial charge on any atom is 0.392 e. The number of nitro groups is 1. The number of hydrogen-bond donors (Lipinski definition) is 0. The molecule has 82 valence electrons. The summed E-state index contributed by atoms with van der Waals surface area (Å²) in [5.74, 6) is -1.72. The van der Waals surface area contributed by atoms with Crippen molar-refractivity contribution in [2.45, 2.75) is 38.4 Å². The Bertz CT molecular complexity index is 229. The molecule has 1 rings (SSSR count). The van der Waals surface area contributed by atoms with Crippen molar-refractivity contribution in [1.82, 2.24) is 0 Å². The molecular weight excluding hydrogens is 199 g/mol. The fraction of sp³-hybridized carbons (Fsp3) is 1.00. The Morgan fingerprint density at radius 1 is 1.29 bits per heavy atom. The minimum atomic E-state index is -4.29. The van der Waals surface area contributed by atoms with E-state index >= 15 is 0 Å². The highest BCUT2D eigenvalue weighted by molar-refractivity contribution is 4.81. The number of nitrogens with zero attached hydrogens (tertiary/aromatic N) is 1. The van der Waals surface area contributed by atoms with Crippen molar-refractivity contribution in [3.8, 4) is 0 Å². The van der Waals surface area contributed by atoms with Crippen molar-refractivity contribution in [2.75, 3.05) is 0 Å². The highest BCUT2D eigenvalue weighted by Crippen LogP contribution is 2.40. The van der Waals surface area contributed by atoms with Crippen molar-refractivity contribution in [3.63, 3.8) is 0 Å². The standard InChI is InChI=1S/C8H12F3NO2/c1-5-2-6(8(9,10)11)4-7(3-5)12(13)14/h5-7H,2-4H2,1H3/t5?,6?,7-/m1/s1. The molecule has 3 nitrogen and oxygen atoms in total. The molecule has 0 N–H and O–H groups in total.